The van der Waals surface area contributed by atoms with Gasteiger partial charge in [0.05, 0.1) is 16.8 Å². The minimum Gasteiger partial charge on any atom is -0.309 e. The van der Waals surface area contributed by atoms with Crippen LogP contribution >= 0.6 is 0 Å². The van der Waals surface area contributed by atoms with Crippen molar-refractivity contribution < 1.29 is 0 Å². The first-order chi connectivity index (χ1) is 28.8. The molecule has 1 aliphatic rings. The van der Waals surface area contributed by atoms with E-state index in [0.717, 1.165) is 17.1 Å². The van der Waals surface area contributed by atoms with E-state index < -0.39 is 5.41 Å². The van der Waals surface area contributed by atoms with Crippen LogP contribution in [0.25, 0.3) is 54.9 Å². The Balaban J connectivity index is 1.18. The molecule has 0 N–H and O–H groups in total. The lowest BCUT2D eigenvalue weighted by Gasteiger charge is -2.34. The highest BCUT2D eigenvalue weighted by molar-refractivity contribution is 6.09. The highest BCUT2D eigenvalue weighted by Gasteiger charge is 2.47. The summed E-state index contributed by atoms with van der Waals surface area (Å²) in [6, 6.07) is 86.9. The number of hydrogen-bond donors (Lipinski definition) is 0. The number of anilines is 3. The highest BCUT2D eigenvalue weighted by Crippen LogP contribution is 2.59. The average Bonchev–Trinajstić information content (AvgIpc) is 3.62. The van der Waals surface area contributed by atoms with Crippen LogP contribution in [-0.4, -0.2) is 0 Å². The summed E-state index contributed by atoms with van der Waals surface area (Å²) in [5.41, 5.74) is 15.2. The second-order valence-corrected chi connectivity index (χ2v) is 15.2. The van der Waals surface area contributed by atoms with Crippen LogP contribution in [0.5, 0.6) is 0 Å². The molecular weight excluding hydrogens is 699 g/mol. The van der Waals surface area contributed by atoms with Crippen molar-refractivity contribution in [3.05, 3.63) is 259 Å². The van der Waals surface area contributed by atoms with E-state index in [2.05, 4.69) is 241 Å². The van der Waals surface area contributed by atoms with Crippen molar-refractivity contribution in [1.29, 1.82) is 0 Å². The van der Waals surface area contributed by atoms with Gasteiger partial charge in [-0.3, -0.25) is 0 Å². The molecule has 0 heterocycles. The van der Waals surface area contributed by atoms with Crippen LogP contribution in [0.3, 0.4) is 0 Å². The Morgan fingerprint density at radius 1 is 0.310 bits per heavy atom. The summed E-state index contributed by atoms with van der Waals surface area (Å²) in [6.45, 7) is 0. The Hall–Kier alpha value is -7.48. The molecule has 0 spiro atoms. The molecule has 0 aliphatic heterocycles. The third kappa shape index (κ3) is 5.32. The van der Waals surface area contributed by atoms with Gasteiger partial charge in [0.1, 0.15) is 0 Å². The molecule has 0 unspecified atom stereocenters. The molecule has 0 bridgehead atoms. The third-order valence-corrected chi connectivity index (χ3v) is 12.1. The predicted molar refractivity (Wildman–Crippen MR) is 244 cm³/mol. The highest BCUT2D eigenvalue weighted by atomic mass is 15.1. The second kappa shape index (κ2) is 13.9. The first-order valence-electron chi connectivity index (χ1n) is 20.1. The normalized spacial score (nSPS) is 12.6. The molecule has 10 aromatic carbocycles. The van der Waals surface area contributed by atoms with E-state index in [1.165, 1.54) is 77.2 Å². The molecule has 1 heteroatoms. The summed E-state index contributed by atoms with van der Waals surface area (Å²) < 4.78 is 0. The number of rotatable bonds is 7. The first-order valence-corrected chi connectivity index (χ1v) is 20.1. The summed E-state index contributed by atoms with van der Waals surface area (Å²) in [6.07, 6.45) is 0. The van der Waals surface area contributed by atoms with E-state index in [4.69, 9.17) is 0 Å². The van der Waals surface area contributed by atoms with Crippen molar-refractivity contribution in [2.24, 2.45) is 0 Å². The minimum atomic E-state index is -0.506. The average molecular weight is 738 g/mol. The molecule has 0 atom stereocenters. The number of benzene rings is 10. The zero-order valence-corrected chi connectivity index (χ0v) is 32.0. The van der Waals surface area contributed by atoms with Crippen LogP contribution in [0.15, 0.2) is 237 Å². The molecular formula is C57H39N. The quantitative estimate of drug-likeness (QED) is 0.147. The van der Waals surface area contributed by atoms with E-state index in [1.807, 2.05) is 0 Å². The fourth-order valence-electron chi connectivity index (χ4n) is 9.60. The van der Waals surface area contributed by atoms with Crippen LogP contribution in [0.4, 0.5) is 17.1 Å². The van der Waals surface area contributed by atoms with Crippen molar-refractivity contribution in [3.63, 3.8) is 0 Å². The fraction of sp³-hybridized carbons (Fsp3) is 0.0175. The van der Waals surface area contributed by atoms with Crippen molar-refractivity contribution in [3.8, 4) is 33.4 Å². The molecule has 58 heavy (non-hydrogen) atoms. The third-order valence-electron chi connectivity index (χ3n) is 12.1. The molecule has 272 valence electrons. The van der Waals surface area contributed by atoms with Crippen LogP contribution in [0, 0.1) is 0 Å². The zero-order chi connectivity index (χ0) is 38.5. The fourth-order valence-corrected chi connectivity index (χ4v) is 9.60. The number of fused-ring (bicyclic) bond motifs is 6. The van der Waals surface area contributed by atoms with Crippen LogP contribution in [0.2, 0.25) is 0 Å². The summed E-state index contributed by atoms with van der Waals surface area (Å²) in [7, 11) is 0. The van der Waals surface area contributed by atoms with Crippen molar-refractivity contribution in [1.82, 2.24) is 0 Å². The lowest BCUT2D eigenvalue weighted by molar-refractivity contribution is 0.768. The van der Waals surface area contributed by atoms with Crippen molar-refractivity contribution in [2.45, 2.75) is 5.41 Å². The summed E-state index contributed by atoms with van der Waals surface area (Å²) in [5.74, 6) is 0. The first kappa shape index (κ1) is 33.8. The molecule has 0 aromatic heterocycles. The second-order valence-electron chi connectivity index (χ2n) is 15.2. The Labute approximate surface area is 339 Å². The van der Waals surface area contributed by atoms with Gasteiger partial charge >= 0.3 is 0 Å². The molecule has 0 saturated carbocycles. The topological polar surface area (TPSA) is 3.24 Å². The van der Waals surface area contributed by atoms with Gasteiger partial charge in [-0.15, -0.1) is 0 Å². The minimum absolute atomic E-state index is 0.506. The molecule has 0 saturated heterocycles. The molecule has 1 aliphatic carbocycles. The van der Waals surface area contributed by atoms with Gasteiger partial charge in [-0.05, 0) is 96.4 Å². The Morgan fingerprint density at radius 3 is 1.60 bits per heavy atom. The number of hydrogen-bond acceptors (Lipinski definition) is 1. The summed E-state index contributed by atoms with van der Waals surface area (Å²) >= 11 is 0. The standard InChI is InChI=1S/C57H39N/c1-4-17-40(18-5-1)41-33-36-47(37-34-41)58(54-29-15-13-25-50(54)44-35-38-49-43(39-44)32-31-42-19-10-11-24-48(42)49)55-30-16-28-53-56(55)51-26-12-14-27-52(51)57(53,45-20-6-2-7-21-45)46-22-8-3-9-23-46/h1-39H. The molecule has 11 rings (SSSR count). The van der Waals surface area contributed by atoms with Gasteiger partial charge in [0.15, 0.2) is 0 Å². The predicted octanol–water partition coefficient (Wildman–Crippen LogP) is 15.2. The van der Waals surface area contributed by atoms with Crippen molar-refractivity contribution in [2.75, 3.05) is 4.90 Å². The van der Waals surface area contributed by atoms with Gasteiger partial charge in [0.25, 0.3) is 0 Å². The molecule has 10 aromatic rings. The molecule has 0 radical (unpaired) electrons. The van der Waals surface area contributed by atoms with E-state index in [9.17, 15) is 0 Å². The Morgan fingerprint density at radius 2 is 0.845 bits per heavy atom. The van der Waals surface area contributed by atoms with Gasteiger partial charge < -0.3 is 4.90 Å². The lowest BCUT2D eigenvalue weighted by Crippen LogP contribution is -2.28. The Kier molecular flexibility index (Phi) is 8.12. The summed E-state index contributed by atoms with van der Waals surface area (Å²) in [4.78, 5) is 2.50. The van der Waals surface area contributed by atoms with Gasteiger partial charge in [-0.2, -0.15) is 0 Å². The number of para-hydroxylation sites is 1. The lowest BCUT2D eigenvalue weighted by atomic mass is 9.68. The SMILES string of the molecule is c1ccc(-c2ccc(N(c3ccccc3-c3ccc4c(ccc5ccccc54)c3)c3cccc4c3-c3ccccc3C4(c3ccccc3)c3ccccc3)cc2)cc1. The summed E-state index contributed by atoms with van der Waals surface area (Å²) in [5, 5.41) is 5.03. The van der Waals surface area contributed by atoms with Crippen LogP contribution < -0.4 is 4.90 Å². The smallest absolute Gasteiger partial charge is 0.0714 e. The van der Waals surface area contributed by atoms with Gasteiger partial charge in [0, 0.05) is 16.8 Å². The van der Waals surface area contributed by atoms with Gasteiger partial charge in [0.2, 0.25) is 0 Å². The van der Waals surface area contributed by atoms with E-state index >= 15 is 0 Å². The van der Waals surface area contributed by atoms with E-state index in [0.29, 0.717) is 0 Å². The largest absolute Gasteiger partial charge is 0.309 e. The Bertz CT molecular complexity index is 3050. The maximum Gasteiger partial charge on any atom is 0.0714 e. The monoisotopic (exact) mass is 737 g/mol. The molecule has 0 fully saturated rings. The van der Waals surface area contributed by atoms with E-state index in [-0.39, 0.29) is 0 Å². The molecule has 1 nitrogen and oxygen atoms in total. The number of nitrogens with zero attached hydrogens (tertiary/aromatic N) is 1. The zero-order valence-electron chi connectivity index (χ0n) is 32.0. The van der Waals surface area contributed by atoms with Crippen LogP contribution in [-0.2, 0) is 5.41 Å². The van der Waals surface area contributed by atoms with E-state index in [1.54, 1.807) is 0 Å². The molecule has 0 amide bonds. The maximum atomic E-state index is 2.50. The maximum absolute atomic E-state index is 2.50. The van der Waals surface area contributed by atoms with Gasteiger partial charge in [-0.1, -0.05) is 206 Å². The van der Waals surface area contributed by atoms with Crippen molar-refractivity contribution >= 4 is 38.6 Å². The van der Waals surface area contributed by atoms with Gasteiger partial charge in [-0.25, -0.2) is 0 Å². The van der Waals surface area contributed by atoms with Crippen LogP contribution in [0.1, 0.15) is 22.3 Å².